The smallest absolute Gasteiger partial charge is 0.305 e. The van der Waals surface area contributed by atoms with Gasteiger partial charge in [0.15, 0.2) is 0 Å². The standard InChI is InChI=1S/C83H143N23O27S/c1-15-42(11)65(104-76(126)50(29-39(5)6)96-70(120)47(22-23-62(113)114)93-77(127)55(36-107)101-68(118)45(85)31-58(86)109)82(132)100-52(33-60(88)111)75(125)102-56(37-108)78(128)105-66(43(12)16-2)81(131)99-49(28-38(3)4)69(119)90-35-61(112)92-54(30-40(7)8)83(133)106-26-19-21-57(106)79(129)94-46(20-17-18-25-84)72(122)103-64(41(9)10)80(130)95-48(24-27-134-14)71(121)97-51(32-59(87)110)74(124)98-53(34-63(115)116)73(123)91-44(13)67(89)117/h38-57,64-66,107-108H,15-37,84-85H2,1-14H3,(H2,86,109)(H2,87,110)(H2,88,111)(H2,89,117)(H,90,119)(H,91,123)(H,92,112)(H,93,127)(H,94,129)(H,95,130)(H,96,120)(H,97,121)(H,98,124)(H,99,131)(H,100,132)(H,101,118)(H,102,125)(H,103,122)(H,104,126)(H,105,128)(H,113,114)(H,115,116)/t42-,43-,44-,45-,46-,47-,48-,49-,50-,51-,52-,53-,54-,55-,56-,57-,64-,65-,66-/m0/s1. The number of amides is 21. The summed E-state index contributed by atoms with van der Waals surface area (Å²) in [6, 6.07) is -26.9. The highest BCUT2D eigenvalue weighted by molar-refractivity contribution is 7.98. The number of carboxylic acid groups (broad SMARTS) is 2. The lowest BCUT2D eigenvalue weighted by Crippen LogP contribution is -2.62. The predicted octanol–water partition coefficient (Wildman–Crippen LogP) is -9.08. The minimum absolute atomic E-state index is 0.00970. The topological polar surface area (TPSA) is 825 Å². The fourth-order valence-corrected chi connectivity index (χ4v) is 14.1. The molecule has 1 heterocycles. The zero-order valence-corrected chi connectivity index (χ0v) is 79.4. The number of nitrogens with zero attached hydrogens (tertiary/aromatic N) is 1. The Morgan fingerprint density at radius 1 is 0.396 bits per heavy atom. The monoisotopic (exact) mass is 1930 g/mol. The largest absolute Gasteiger partial charge is 0.481 e. The van der Waals surface area contributed by atoms with E-state index in [1.807, 2.05) is 0 Å². The summed E-state index contributed by atoms with van der Waals surface area (Å²) < 4.78 is 0. The number of hydrogen-bond donors (Lipinski definition) is 26. The van der Waals surface area contributed by atoms with Gasteiger partial charge < -0.3 is 145 Å². The third-order valence-electron chi connectivity index (χ3n) is 21.5. The molecule has 0 radical (unpaired) electrons. The van der Waals surface area contributed by atoms with Crippen molar-refractivity contribution in [1.82, 2.24) is 90.0 Å². The molecule has 0 aromatic carbocycles. The molecular weight excluding hydrogens is 1780 g/mol. The minimum atomic E-state index is -1.94. The number of rotatable bonds is 65. The quantitative estimate of drug-likeness (QED) is 0.0252. The first-order valence-electron chi connectivity index (χ1n) is 44.5. The lowest BCUT2D eigenvalue weighted by molar-refractivity contribution is -0.142. The molecule has 0 bridgehead atoms. The van der Waals surface area contributed by atoms with E-state index < -0.39 is 321 Å². The maximum absolute atomic E-state index is 14.7. The van der Waals surface area contributed by atoms with Crippen molar-refractivity contribution < 1.29 is 131 Å². The molecule has 1 rings (SSSR count). The van der Waals surface area contributed by atoms with Gasteiger partial charge in [-0.15, -0.1) is 0 Å². The predicted molar refractivity (Wildman–Crippen MR) is 482 cm³/mol. The van der Waals surface area contributed by atoms with Gasteiger partial charge in [0.25, 0.3) is 0 Å². The molecule has 1 saturated heterocycles. The molecule has 32 N–H and O–H groups in total. The Bertz CT molecular complexity index is 4070. The van der Waals surface area contributed by atoms with Crippen LogP contribution in [-0.2, 0) is 110 Å². The van der Waals surface area contributed by atoms with Crippen molar-refractivity contribution in [3.8, 4) is 0 Å². The van der Waals surface area contributed by atoms with Crippen LogP contribution in [0.5, 0.6) is 0 Å². The Hall–Kier alpha value is -12.0. The van der Waals surface area contributed by atoms with Crippen LogP contribution in [-0.4, -0.2) is 309 Å². The molecule has 134 heavy (non-hydrogen) atoms. The molecule has 1 fully saturated rings. The Kier molecular flexibility index (Phi) is 54.6. The highest BCUT2D eigenvalue weighted by Crippen LogP contribution is 2.23. The van der Waals surface area contributed by atoms with Gasteiger partial charge in [0.2, 0.25) is 124 Å². The van der Waals surface area contributed by atoms with E-state index in [2.05, 4.69) is 85.1 Å². The van der Waals surface area contributed by atoms with Crippen LogP contribution in [0.4, 0.5) is 0 Å². The Balaban J connectivity index is 3.52. The summed E-state index contributed by atoms with van der Waals surface area (Å²) in [6.45, 7) is 18.1. The van der Waals surface area contributed by atoms with Gasteiger partial charge in [0.05, 0.1) is 51.5 Å². The third-order valence-corrected chi connectivity index (χ3v) is 22.1. The van der Waals surface area contributed by atoms with Gasteiger partial charge in [0, 0.05) is 13.0 Å². The van der Waals surface area contributed by atoms with Crippen LogP contribution in [0.25, 0.3) is 0 Å². The van der Waals surface area contributed by atoms with E-state index in [9.17, 15) is 131 Å². The summed E-state index contributed by atoms with van der Waals surface area (Å²) in [5, 5.41) is 78.3. The van der Waals surface area contributed by atoms with Crippen molar-refractivity contribution in [3.05, 3.63) is 0 Å². The number of nitrogens with one attached hydrogen (secondary N) is 16. The number of likely N-dealkylation sites (tertiary alicyclic amines) is 1. The molecule has 51 heteroatoms. The van der Waals surface area contributed by atoms with Gasteiger partial charge in [-0.2, -0.15) is 11.8 Å². The van der Waals surface area contributed by atoms with Gasteiger partial charge in [0.1, 0.15) is 96.7 Å². The second-order valence-corrected chi connectivity index (χ2v) is 35.7. The maximum atomic E-state index is 14.7. The van der Waals surface area contributed by atoms with Crippen molar-refractivity contribution in [1.29, 1.82) is 0 Å². The molecular formula is C83H143N23O27S. The zero-order valence-electron chi connectivity index (χ0n) is 78.5. The van der Waals surface area contributed by atoms with Gasteiger partial charge in [-0.05, 0) is 125 Å². The van der Waals surface area contributed by atoms with E-state index in [1.54, 1.807) is 82.4 Å². The normalized spacial score (nSPS) is 16.4. The molecule has 0 saturated carbocycles. The zero-order chi connectivity index (χ0) is 102. The molecule has 1 aliphatic heterocycles. The van der Waals surface area contributed by atoms with Crippen LogP contribution in [0, 0.1) is 35.5 Å². The van der Waals surface area contributed by atoms with Crippen molar-refractivity contribution >= 4 is 148 Å². The highest BCUT2D eigenvalue weighted by atomic mass is 32.2. The van der Waals surface area contributed by atoms with Gasteiger partial charge in [-0.1, -0.05) is 95.9 Å². The lowest BCUT2D eigenvalue weighted by atomic mass is 9.96. The van der Waals surface area contributed by atoms with E-state index in [4.69, 9.17) is 34.4 Å². The first-order valence-corrected chi connectivity index (χ1v) is 45.9. The molecule has 0 spiro atoms. The molecule has 758 valence electrons. The molecule has 0 aromatic heterocycles. The summed E-state index contributed by atoms with van der Waals surface area (Å²) in [5.41, 5.74) is 32.8. The molecule has 21 amide bonds. The van der Waals surface area contributed by atoms with Crippen LogP contribution in [0.1, 0.15) is 199 Å². The Morgan fingerprint density at radius 3 is 1.22 bits per heavy atom. The number of nitrogens with two attached hydrogens (primary N) is 6. The van der Waals surface area contributed by atoms with Crippen molar-refractivity contribution in [3.63, 3.8) is 0 Å². The fourth-order valence-electron chi connectivity index (χ4n) is 13.6. The van der Waals surface area contributed by atoms with Crippen LogP contribution >= 0.6 is 11.8 Å². The summed E-state index contributed by atoms with van der Waals surface area (Å²) in [6.07, 6.45) is -2.13. The van der Waals surface area contributed by atoms with Crippen molar-refractivity contribution in [2.24, 2.45) is 69.9 Å². The summed E-state index contributed by atoms with van der Waals surface area (Å²) in [5.74, 6) is -27.8. The minimum Gasteiger partial charge on any atom is -0.481 e. The number of primary amides is 4. The van der Waals surface area contributed by atoms with Crippen LogP contribution in [0.2, 0.25) is 0 Å². The van der Waals surface area contributed by atoms with E-state index in [-0.39, 0.29) is 94.9 Å². The van der Waals surface area contributed by atoms with Crippen LogP contribution in [0.3, 0.4) is 0 Å². The lowest BCUT2D eigenvalue weighted by Gasteiger charge is -2.31. The van der Waals surface area contributed by atoms with E-state index in [0.29, 0.717) is 6.42 Å². The third kappa shape index (κ3) is 43.8. The average molecular weight is 1930 g/mol. The number of unbranched alkanes of at least 4 members (excludes halogenated alkanes) is 1. The first-order chi connectivity index (χ1) is 62.6. The summed E-state index contributed by atoms with van der Waals surface area (Å²) in [7, 11) is 0. The Morgan fingerprint density at radius 2 is 0.769 bits per heavy atom. The van der Waals surface area contributed by atoms with E-state index in [1.165, 1.54) is 30.5 Å². The molecule has 0 unspecified atom stereocenters. The molecule has 50 nitrogen and oxygen atoms in total. The summed E-state index contributed by atoms with van der Waals surface area (Å²) in [4.78, 5) is 311. The SMILES string of the molecule is CC[C@H](C)[C@H](NC(=O)[C@H](CO)NC(=O)[C@H](CC(N)=O)NC(=O)[C@@H](NC(=O)[C@H](CC(C)C)NC(=O)[C@H](CCC(=O)O)NC(=O)[C@H](CO)NC(=O)[C@@H](N)CC(N)=O)[C@@H](C)CC)C(=O)N[C@@H](CC(C)C)C(=O)NCC(=O)N[C@@H](CC(C)C)C(=O)N1CCC[C@H]1C(=O)N[C@@H](CCCCN)C(=O)N[C@H](C(=O)N[C@@H](CCSC)C(=O)N[C@@H](CC(N)=O)C(=O)N[C@@H](CC(=O)O)C(=O)N[C@@H](C)C(N)=O)C(C)C. The summed E-state index contributed by atoms with van der Waals surface area (Å²) >= 11 is 1.25. The van der Waals surface area contributed by atoms with E-state index >= 15 is 0 Å². The second-order valence-electron chi connectivity index (χ2n) is 34.7. The number of carbonyl (C=O) groups is 23. The molecule has 1 aliphatic rings. The maximum Gasteiger partial charge on any atom is 0.305 e. The van der Waals surface area contributed by atoms with Crippen LogP contribution < -0.4 is 119 Å². The highest BCUT2D eigenvalue weighted by Gasteiger charge is 2.44. The Labute approximate surface area is 781 Å². The van der Waals surface area contributed by atoms with Gasteiger partial charge >= 0.3 is 11.9 Å². The number of thioether (sulfide) groups is 1. The number of hydrogen-bond acceptors (Lipinski definition) is 28. The number of carboxylic acids is 2. The fraction of sp³-hybridized carbons (Fsp3) is 0.723. The number of aliphatic hydroxyl groups is 2. The molecule has 0 aromatic rings. The second kappa shape index (κ2) is 61.0. The number of aliphatic hydroxyl groups excluding tert-OH is 2. The van der Waals surface area contributed by atoms with Gasteiger partial charge in [-0.3, -0.25) is 110 Å². The van der Waals surface area contributed by atoms with E-state index in [0.717, 1.165) is 0 Å². The molecule has 19 atom stereocenters. The van der Waals surface area contributed by atoms with Gasteiger partial charge in [-0.25, -0.2) is 0 Å². The van der Waals surface area contributed by atoms with Crippen molar-refractivity contribution in [2.75, 3.05) is 44.9 Å². The van der Waals surface area contributed by atoms with Crippen LogP contribution in [0.15, 0.2) is 0 Å². The first kappa shape index (κ1) is 120. The molecule has 0 aliphatic carbocycles. The number of aliphatic carboxylic acids is 2. The number of carbonyl (C=O) groups excluding carboxylic acids is 21. The average Bonchev–Trinajstić information content (AvgIpc) is 1.78. The van der Waals surface area contributed by atoms with Crippen molar-refractivity contribution in [2.45, 2.75) is 302 Å².